The van der Waals surface area contributed by atoms with E-state index in [-0.39, 0.29) is 0 Å². The largest absolute Gasteiger partial charge is 0.497 e. The molecule has 0 heterocycles. The summed E-state index contributed by atoms with van der Waals surface area (Å²) < 4.78 is 10.5. The maximum atomic E-state index is 5.41. The molecule has 0 unspecified atom stereocenters. The molecule has 15 heavy (non-hydrogen) atoms. The van der Waals surface area contributed by atoms with Crippen molar-refractivity contribution in [3.8, 4) is 5.75 Å². The Morgan fingerprint density at radius 1 is 1.20 bits per heavy atom. The number of hydrogen-bond acceptors (Lipinski definition) is 3. The molecule has 0 aliphatic rings. The standard InChI is InChI=1S/C12H17NO2/c1-14-12-6-4-11(5-7-12)10-15-9-3-2-8-13/h2-7H,8-10,13H2,1H3. The molecule has 82 valence electrons. The van der Waals surface area contributed by atoms with Crippen LogP contribution in [0.4, 0.5) is 0 Å². The zero-order valence-corrected chi connectivity index (χ0v) is 8.98. The molecule has 0 saturated carbocycles. The summed E-state index contributed by atoms with van der Waals surface area (Å²) in [5, 5.41) is 0. The smallest absolute Gasteiger partial charge is 0.118 e. The quantitative estimate of drug-likeness (QED) is 0.570. The molecular weight excluding hydrogens is 190 g/mol. The van der Waals surface area contributed by atoms with Crippen LogP contribution in [0.2, 0.25) is 0 Å². The lowest BCUT2D eigenvalue weighted by atomic mass is 10.2. The van der Waals surface area contributed by atoms with Gasteiger partial charge in [-0.25, -0.2) is 0 Å². The van der Waals surface area contributed by atoms with Crippen LogP contribution in [0, 0.1) is 0 Å². The molecular formula is C12H17NO2. The molecule has 0 aliphatic carbocycles. The maximum Gasteiger partial charge on any atom is 0.118 e. The summed E-state index contributed by atoms with van der Waals surface area (Å²) in [5.74, 6) is 0.863. The van der Waals surface area contributed by atoms with Crippen LogP contribution >= 0.6 is 0 Å². The highest BCUT2D eigenvalue weighted by Crippen LogP contribution is 2.11. The van der Waals surface area contributed by atoms with Crippen molar-refractivity contribution >= 4 is 0 Å². The van der Waals surface area contributed by atoms with Gasteiger partial charge in [-0.15, -0.1) is 0 Å². The molecule has 0 atom stereocenters. The zero-order chi connectivity index (χ0) is 10.9. The van der Waals surface area contributed by atoms with Gasteiger partial charge in [0.2, 0.25) is 0 Å². The van der Waals surface area contributed by atoms with E-state index in [2.05, 4.69) is 0 Å². The fourth-order valence-electron chi connectivity index (χ4n) is 1.13. The fraction of sp³-hybridized carbons (Fsp3) is 0.333. The monoisotopic (exact) mass is 207 g/mol. The van der Waals surface area contributed by atoms with E-state index >= 15 is 0 Å². The van der Waals surface area contributed by atoms with Crippen LogP contribution in [0.25, 0.3) is 0 Å². The topological polar surface area (TPSA) is 44.5 Å². The third-order valence-corrected chi connectivity index (χ3v) is 1.94. The molecule has 0 aliphatic heterocycles. The molecule has 2 N–H and O–H groups in total. The van der Waals surface area contributed by atoms with Gasteiger partial charge in [0.25, 0.3) is 0 Å². The van der Waals surface area contributed by atoms with Crippen molar-refractivity contribution in [3.05, 3.63) is 42.0 Å². The van der Waals surface area contributed by atoms with Gasteiger partial charge in [0, 0.05) is 6.54 Å². The SMILES string of the molecule is COc1ccc(COCC=CCN)cc1. The predicted molar refractivity (Wildman–Crippen MR) is 60.8 cm³/mol. The summed E-state index contributed by atoms with van der Waals surface area (Å²) in [6.45, 7) is 1.77. The second-order valence-corrected chi connectivity index (χ2v) is 3.07. The first kappa shape index (κ1) is 11.8. The number of rotatable bonds is 6. The first-order valence-electron chi connectivity index (χ1n) is 4.92. The minimum Gasteiger partial charge on any atom is -0.497 e. The Hall–Kier alpha value is -1.32. The van der Waals surface area contributed by atoms with Gasteiger partial charge < -0.3 is 15.2 Å². The summed E-state index contributed by atoms with van der Waals surface area (Å²) in [5.41, 5.74) is 6.43. The number of ether oxygens (including phenoxy) is 2. The summed E-state index contributed by atoms with van der Waals surface area (Å²) in [7, 11) is 1.66. The molecule has 0 fully saturated rings. The summed E-state index contributed by atoms with van der Waals surface area (Å²) in [6, 6.07) is 7.83. The van der Waals surface area contributed by atoms with Crippen LogP contribution in [0.1, 0.15) is 5.56 Å². The van der Waals surface area contributed by atoms with E-state index < -0.39 is 0 Å². The molecule has 1 aromatic carbocycles. The van der Waals surface area contributed by atoms with E-state index in [1.54, 1.807) is 7.11 Å². The third kappa shape index (κ3) is 4.63. The molecule has 3 heteroatoms. The average Bonchev–Trinajstić information content (AvgIpc) is 2.30. The van der Waals surface area contributed by atoms with Gasteiger partial charge in [0.05, 0.1) is 20.3 Å². The molecule has 0 spiro atoms. The van der Waals surface area contributed by atoms with Crippen molar-refractivity contribution in [2.45, 2.75) is 6.61 Å². The molecule has 0 radical (unpaired) electrons. The van der Waals surface area contributed by atoms with Crippen LogP contribution in [-0.2, 0) is 11.3 Å². The van der Waals surface area contributed by atoms with Crippen molar-refractivity contribution in [2.75, 3.05) is 20.3 Å². The minimum absolute atomic E-state index is 0.561. The Labute approximate surface area is 90.5 Å². The average molecular weight is 207 g/mol. The van der Waals surface area contributed by atoms with Crippen molar-refractivity contribution in [3.63, 3.8) is 0 Å². The highest BCUT2D eigenvalue weighted by atomic mass is 16.5. The van der Waals surface area contributed by atoms with E-state index in [1.807, 2.05) is 36.4 Å². The Bertz CT molecular complexity index is 293. The van der Waals surface area contributed by atoms with Crippen LogP contribution in [0.3, 0.4) is 0 Å². The lowest BCUT2D eigenvalue weighted by molar-refractivity contribution is 0.148. The van der Waals surface area contributed by atoms with Gasteiger partial charge in [0.15, 0.2) is 0 Å². The fourth-order valence-corrected chi connectivity index (χ4v) is 1.13. The first-order valence-corrected chi connectivity index (χ1v) is 4.92. The van der Waals surface area contributed by atoms with E-state index in [1.165, 1.54) is 0 Å². The Morgan fingerprint density at radius 2 is 1.93 bits per heavy atom. The predicted octanol–water partition coefficient (Wildman–Crippen LogP) is 1.73. The molecule has 1 rings (SSSR count). The van der Waals surface area contributed by atoms with Crippen molar-refractivity contribution in [1.82, 2.24) is 0 Å². The van der Waals surface area contributed by atoms with Gasteiger partial charge in [-0.05, 0) is 17.7 Å². The van der Waals surface area contributed by atoms with Gasteiger partial charge >= 0.3 is 0 Å². The molecule has 3 nitrogen and oxygen atoms in total. The van der Waals surface area contributed by atoms with Gasteiger partial charge in [-0.1, -0.05) is 24.3 Å². The highest BCUT2D eigenvalue weighted by molar-refractivity contribution is 5.26. The summed E-state index contributed by atoms with van der Waals surface area (Å²) >= 11 is 0. The van der Waals surface area contributed by atoms with Crippen molar-refractivity contribution in [2.24, 2.45) is 5.73 Å². The second kappa shape index (κ2) is 7.04. The molecule has 0 saturated heterocycles. The Morgan fingerprint density at radius 3 is 2.53 bits per heavy atom. The number of benzene rings is 1. The van der Waals surface area contributed by atoms with E-state index in [0.29, 0.717) is 19.8 Å². The third-order valence-electron chi connectivity index (χ3n) is 1.94. The molecule has 0 bridgehead atoms. The zero-order valence-electron chi connectivity index (χ0n) is 8.98. The first-order chi connectivity index (χ1) is 7.36. The van der Waals surface area contributed by atoms with Crippen LogP contribution < -0.4 is 10.5 Å². The summed E-state index contributed by atoms with van der Waals surface area (Å²) in [4.78, 5) is 0. The van der Waals surface area contributed by atoms with Crippen LogP contribution in [0.5, 0.6) is 5.75 Å². The molecule has 0 aromatic heterocycles. The number of nitrogens with two attached hydrogens (primary N) is 1. The second-order valence-electron chi connectivity index (χ2n) is 3.07. The van der Waals surface area contributed by atoms with Gasteiger partial charge in [-0.3, -0.25) is 0 Å². The Balaban J connectivity index is 2.28. The van der Waals surface area contributed by atoms with E-state index in [9.17, 15) is 0 Å². The lowest BCUT2D eigenvalue weighted by Crippen LogP contribution is -1.96. The van der Waals surface area contributed by atoms with Crippen molar-refractivity contribution in [1.29, 1.82) is 0 Å². The van der Waals surface area contributed by atoms with Crippen LogP contribution in [0.15, 0.2) is 36.4 Å². The normalized spacial score (nSPS) is 10.8. The summed E-state index contributed by atoms with van der Waals surface area (Å²) in [6.07, 6.45) is 3.80. The van der Waals surface area contributed by atoms with Gasteiger partial charge in [-0.2, -0.15) is 0 Å². The maximum absolute atomic E-state index is 5.41. The number of methoxy groups -OCH3 is 1. The lowest BCUT2D eigenvalue weighted by Gasteiger charge is -2.03. The minimum atomic E-state index is 0.561. The van der Waals surface area contributed by atoms with E-state index in [0.717, 1.165) is 11.3 Å². The van der Waals surface area contributed by atoms with Gasteiger partial charge in [0.1, 0.15) is 5.75 Å². The molecule has 0 amide bonds. The van der Waals surface area contributed by atoms with Crippen molar-refractivity contribution < 1.29 is 9.47 Å². The molecule has 1 aromatic rings. The Kier molecular flexibility index (Phi) is 5.51. The van der Waals surface area contributed by atoms with E-state index in [4.69, 9.17) is 15.2 Å². The van der Waals surface area contributed by atoms with Crippen LogP contribution in [-0.4, -0.2) is 20.3 Å². The highest BCUT2D eigenvalue weighted by Gasteiger charge is 1.93. The number of hydrogen-bond donors (Lipinski definition) is 1.